The van der Waals surface area contributed by atoms with Crippen LogP contribution in [0, 0.1) is 0 Å². The van der Waals surface area contributed by atoms with Gasteiger partial charge in [0.05, 0.1) is 5.69 Å². The number of hydrogen-bond acceptors (Lipinski definition) is 2. The van der Waals surface area contributed by atoms with Gasteiger partial charge in [-0.05, 0) is 24.3 Å². The normalized spacial score (nSPS) is 18.5. The van der Waals surface area contributed by atoms with Crippen LogP contribution in [0.15, 0.2) is 84.9 Å². The number of nitrogens with one attached hydrogen (secondary N) is 3. The molecule has 3 aromatic rings. The number of amides is 1. The van der Waals surface area contributed by atoms with Crippen molar-refractivity contribution < 1.29 is 19.3 Å². The Kier molecular flexibility index (Phi) is 6.75. The third-order valence-corrected chi connectivity index (χ3v) is 5.50. The predicted molar refractivity (Wildman–Crippen MR) is 118 cm³/mol. The highest BCUT2D eigenvalue weighted by Crippen LogP contribution is 2.28. The number of para-hydroxylation sites is 3. The number of carbonyl (C=O) groups is 1. The van der Waals surface area contributed by atoms with Gasteiger partial charge in [0.15, 0.2) is 12.3 Å². The van der Waals surface area contributed by atoms with Crippen molar-refractivity contribution in [2.24, 2.45) is 0 Å². The molecule has 1 saturated heterocycles. The van der Waals surface area contributed by atoms with Crippen molar-refractivity contribution in [3.8, 4) is 11.5 Å². The molecule has 0 bridgehead atoms. The topological polar surface area (TPSA) is 47.2 Å². The molecule has 154 valence electrons. The average Bonchev–Trinajstić information content (AvgIpc) is 2.78. The molecule has 5 heteroatoms. The highest BCUT2D eigenvalue weighted by Gasteiger charge is 2.25. The molecule has 0 aliphatic carbocycles. The Bertz CT molecular complexity index is 939. The summed E-state index contributed by atoms with van der Waals surface area (Å²) in [6, 6.07) is 27.8. The summed E-state index contributed by atoms with van der Waals surface area (Å²) in [5.74, 6) is 1.44. The number of carbonyl (C=O) groups excluding carboxylic acids is 1. The Morgan fingerprint density at radius 1 is 0.767 bits per heavy atom. The maximum Gasteiger partial charge on any atom is 0.279 e. The van der Waals surface area contributed by atoms with Crippen molar-refractivity contribution >= 4 is 11.6 Å². The zero-order valence-corrected chi connectivity index (χ0v) is 17.1. The van der Waals surface area contributed by atoms with Gasteiger partial charge in [-0.25, -0.2) is 0 Å². The molecule has 3 N–H and O–H groups in total. The lowest BCUT2D eigenvalue weighted by atomic mass is 10.2. The SMILES string of the molecule is O=C(C[NH+]1CC[NH+](Cc2ccccc2)CC1)Nc1ccccc1Oc1ccccc1. The van der Waals surface area contributed by atoms with Crippen LogP contribution in [-0.4, -0.2) is 38.6 Å². The Hall–Kier alpha value is -3.15. The van der Waals surface area contributed by atoms with E-state index in [1.54, 1.807) is 4.90 Å². The molecule has 5 nitrogen and oxygen atoms in total. The van der Waals surface area contributed by atoms with Gasteiger partial charge in [0, 0.05) is 5.56 Å². The zero-order valence-electron chi connectivity index (χ0n) is 17.1. The van der Waals surface area contributed by atoms with Crippen molar-refractivity contribution in [2.45, 2.75) is 6.54 Å². The van der Waals surface area contributed by atoms with E-state index in [9.17, 15) is 4.79 Å². The molecule has 1 heterocycles. The number of benzene rings is 3. The van der Waals surface area contributed by atoms with Crippen LogP contribution in [0.5, 0.6) is 11.5 Å². The van der Waals surface area contributed by atoms with Crippen molar-refractivity contribution in [3.63, 3.8) is 0 Å². The standard InChI is InChI=1S/C25H27N3O2/c29-25(20-28-17-15-27(16-18-28)19-21-9-3-1-4-10-21)26-23-13-7-8-14-24(23)30-22-11-5-2-6-12-22/h1-14H,15-20H2,(H,26,29)/p+2. The number of quaternary nitrogens is 2. The summed E-state index contributed by atoms with van der Waals surface area (Å²) >= 11 is 0. The summed E-state index contributed by atoms with van der Waals surface area (Å²) in [6.45, 7) is 5.74. The van der Waals surface area contributed by atoms with Crippen molar-refractivity contribution in [2.75, 3.05) is 38.0 Å². The zero-order chi connectivity index (χ0) is 20.6. The summed E-state index contributed by atoms with van der Waals surface area (Å²) in [4.78, 5) is 15.6. The maximum absolute atomic E-state index is 12.7. The molecular formula is C25H29N3O2+2. The second kappa shape index (κ2) is 10.1. The highest BCUT2D eigenvalue weighted by atomic mass is 16.5. The average molecular weight is 404 g/mol. The van der Waals surface area contributed by atoms with E-state index in [-0.39, 0.29) is 5.91 Å². The Labute approximate surface area is 177 Å². The van der Waals surface area contributed by atoms with Crippen LogP contribution in [0.4, 0.5) is 5.69 Å². The predicted octanol–water partition coefficient (Wildman–Crippen LogP) is 1.40. The lowest BCUT2D eigenvalue weighted by Gasteiger charge is -2.29. The summed E-state index contributed by atoms with van der Waals surface area (Å²) in [5.41, 5.74) is 2.09. The van der Waals surface area contributed by atoms with Gasteiger partial charge >= 0.3 is 0 Å². The van der Waals surface area contributed by atoms with Gasteiger partial charge in [-0.2, -0.15) is 0 Å². The van der Waals surface area contributed by atoms with Gasteiger partial charge in [-0.3, -0.25) is 4.79 Å². The molecule has 1 aliphatic heterocycles. The quantitative estimate of drug-likeness (QED) is 0.559. The number of anilines is 1. The fourth-order valence-corrected chi connectivity index (χ4v) is 3.89. The van der Waals surface area contributed by atoms with E-state index in [0.717, 1.165) is 38.5 Å². The Morgan fingerprint density at radius 2 is 1.37 bits per heavy atom. The summed E-state index contributed by atoms with van der Waals surface area (Å²) in [6.07, 6.45) is 0. The van der Waals surface area contributed by atoms with Gasteiger partial charge < -0.3 is 19.9 Å². The van der Waals surface area contributed by atoms with Gasteiger partial charge in [0.25, 0.3) is 5.91 Å². The first-order chi connectivity index (χ1) is 14.8. The molecule has 0 aromatic heterocycles. The maximum atomic E-state index is 12.7. The molecule has 0 saturated carbocycles. The second-order valence-electron chi connectivity index (χ2n) is 7.80. The molecule has 0 atom stereocenters. The van der Waals surface area contributed by atoms with E-state index in [1.807, 2.05) is 54.6 Å². The molecule has 0 spiro atoms. The molecule has 3 aromatic carbocycles. The summed E-state index contributed by atoms with van der Waals surface area (Å²) < 4.78 is 5.95. The monoisotopic (exact) mass is 403 g/mol. The van der Waals surface area contributed by atoms with Crippen molar-refractivity contribution in [1.82, 2.24) is 0 Å². The molecule has 1 aliphatic rings. The number of ether oxygens (including phenoxy) is 1. The van der Waals surface area contributed by atoms with Crippen LogP contribution in [0.3, 0.4) is 0 Å². The minimum atomic E-state index is 0.0284. The lowest BCUT2D eigenvalue weighted by Crippen LogP contribution is -3.28. The fourth-order valence-electron chi connectivity index (χ4n) is 3.89. The van der Waals surface area contributed by atoms with Gasteiger partial charge in [0.1, 0.15) is 38.5 Å². The van der Waals surface area contributed by atoms with Crippen molar-refractivity contribution in [1.29, 1.82) is 0 Å². The van der Waals surface area contributed by atoms with E-state index < -0.39 is 0 Å². The highest BCUT2D eigenvalue weighted by molar-refractivity contribution is 5.93. The Morgan fingerprint density at radius 3 is 2.10 bits per heavy atom. The van der Waals surface area contributed by atoms with E-state index in [2.05, 4.69) is 35.6 Å². The van der Waals surface area contributed by atoms with E-state index in [1.165, 1.54) is 10.5 Å². The number of piperazine rings is 1. The molecule has 0 radical (unpaired) electrons. The van der Waals surface area contributed by atoms with Gasteiger partial charge in [-0.1, -0.05) is 60.7 Å². The molecule has 1 amide bonds. The number of hydrogen-bond donors (Lipinski definition) is 3. The first kappa shape index (κ1) is 20.1. The molecule has 0 unspecified atom stereocenters. The van der Waals surface area contributed by atoms with E-state index >= 15 is 0 Å². The fraction of sp³-hybridized carbons (Fsp3) is 0.240. The molecular weight excluding hydrogens is 374 g/mol. The second-order valence-corrected chi connectivity index (χ2v) is 7.80. The Balaban J connectivity index is 1.27. The third-order valence-electron chi connectivity index (χ3n) is 5.50. The first-order valence-corrected chi connectivity index (χ1v) is 10.6. The molecule has 30 heavy (non-hydrogen) atoms. The van der Waals surface area contributed by atoms with Gasteiger partial charge in [0.2, 0.25) is 0 Å². The van der Waals surface area contributed by atoms with E-state index in [0.29, 0.717) is 18.0 Å². The minimum absolute atomic E-state index is 0.0284. The van der Waals surface area contributed by atoms with Gasteiger partial charge in [-0.15, -0.1) is 0 Å². The van der Waals surface area contributed by atoms with Crippen LogP contribution in [0.1, 0.15) is 5.56 Å². The largest absolute Gasteiger partial charge is 0.455 e. The lowest BCUT2D eigenvalue weighted by molar-refractivity contribution is -1.02. The van der Waals surface area contributed by atoms with Crippen LogP contribution in [-0.2, 0) is 11.3 Å². The minimum Gasteiger partial charge on any atom is -0.455 e. The molecule has 1 fully saturated rings. The first-order valence-electron chi connectivity index (χ1n) is 10.6. The van der Waals surface area contributed by atoms with Crippen LogP contribution >= 0.6 is 0 Å². The van der Waals surface area contributed by atoms with Crippen molar-refractivity contribution in [3.05, 3.63) is 90.5 Å². The summed E-state index contributed by atoms with van der Waals surface area (Å²) in [5, 5.41) is 3.04. The van der Waals surface area contributed by atoms with Crippen LogP contribution in [0.2, 0.25) is 0 Å². The molecule has 4 rings (SSSR count). The summed E-state index contributed by atoms with van der Waals surface area (Å²) in [7, 11) is 0. The van der Waals surface area contributed by atoms with Crippen LogP contribution < -0.4 is 19.9 Å². The van der Waals surface area contributed by atoms with Crippen LogP contribution in [0.25, 0.3) is 0 Å². The number of rotatable bonds is 7. The smallest absolute Gasteiger partial charge is 0.279 e. The third kappa shape index (κ3) is 5.69. The van der Waals surface area contributed by atoms with E-state index in [4.69, 9.17) is 4.74 Å².